The van der Waals surface area contributed by atoms with Crippen LogP contribution < -0.4 is 0 Å². The molecule has 3 nitrogen and oxygen atoms in total. The Bertz CT molecular complexity index is 735. The summed E-state index contributed by atoms with van der Waals surface area (Å²) in [4.78, 5) is 14.2. The number of rotatable bonds is 3. The average molecular weight is 322 g/mol. The van der Waals surface area contributed by atoms with Gasteiger partial charge in [-0.25, -0.2) is 4.79 Å². The van der Waals surface area contributed by atoms with Crippen LogP contribution in [-0.2, 0) is 17.8 Å². The van der Waals surface area contributed by atoms with Gasteiger partial charge < -0.3 is 5.11 Å². The van der Waals surface area contributed by atoms with Crippen molar-refractivity contribution in [1.29, 1.82) is 0 Å². The van der Waals surface area contributed by atoms with Crippen LogP contribution in [0.4, 0.5) is 0 Å². The summed E-state index contributed by atoms with van der Waals surface area (Å²) in [6.07, 6.45) is 3.86. The number of carboxylic acid groups (broad SMARTS) is 1. The summed E-state index contributed by atoms with van der Waals surface area (Å²) >= 11 is 8.02. The molecule has 2 aromatic rings. The lowest BCUT2D eigenvalue weighted by molar-refractivity contribution is -0.131. The molecule has 0 radical (unpaired) electrons. The Morgan fingerprint density at radius 3 is 3.00 bits per heavy atom. The van der Waals surface area contributed by atoms with Crippen molar-refractivity contribution < 1.29 is 9.90 Å². The maximum Gasteiger partial charge on any atom is 0.328 e. The monoisotopic (exact) mass is 321 g/mol. The molecule has 21 heavy (non-hydrogen) atoms. The maximum atomic E-state index is 10.8. The number of carboxylic acids is 1. The van der Waals surface area contributed by atoms with Gasteiger partial charge in [-0.2, -0.15) is 0 Å². The standard InChI is InChI=1S/C16H16ClNO2S/c1-2-18-8-7-10-12(17)3-4-14-16(10)11(9-18)13(21-14)5-6-15(19)20/h3-6H,2,7-9H2,1H3,(H,19,20)/b6-5+. The molecule has 1 N–H and O–H groups in total. The zero-order valence-corrected chi connectivity index (χ0v) is 13.3. The van der Waals surface area contributed by atoms with Crippen molar-refractivity contribution in [2.45, 2.75) is 19.9 Å². The SMILES string of the molecule is CCN1CCc2c(Cl)ccc3sc(/C=C/C(=O)O)c(c23)C1. The summed E-state index contributed by atoms with van der Waals surface area (Å²) in [6, 6.07) is 3.99. The van der Waals surface area contributed by atoms with Gasteiger partial charge in [-0.05, 0) is 42.3 Å². The third-order valence-corrected chi connectivity index (χ3v) is 5.44. The third kappa shape index (κ3) is 2.71. The van der Waals surface area contributed by atoms with Gasteiger partial charge in [0.05, 0.1) is 0 Å². The van der Waals surface area contributed by atoms with Crippen molar-refractivity contribution in [3.63, 3.8) is 0 Å². The van der Waals surface area contributed by atoms with E-state index in [0.717, 1.165) is 36.0 Å². The van der Waals surface area contributed by atoms with Crippen LogP contribution in [0, 0.1) is 0 Å². The molecule has 1 aromatic carbocycles. The first-order valence-electron chi connectivity index (χ1n) is 6.96. The summed E-state index contributed by atoms with van der Waals surface area (Å²) in [7, 11) is 0. The first kappa shape index (κ1) is 14.6. The molecule has 0 atom stereocenters. The smallest absolute Gasteiger partial charge is 0.328 e. The number of carbonyl (C=O) groups is 1. The molecule has 1 aliphatic heterocycles. The van der Waals surface area contributed by atoms with E-state index in [0.29, 0.717) is 0 Å². The summed E-state index contributed by atoms with van der Waals surface area (Å²) in [6.45, 7) is 4.96. The number of aliphatic carboxylic acids is 1. The number of hydrogen-bond acceptors (Lipinski definition) is 3. The summed E-state index contributed by atoms with van der Waals surface area (Å²) in [5.41, 5.74) is 2.41. The topological polar surface area (TPSA) is 40.5 Å². The molecule has 1 aliphatic rings. The van der Waals surface area contributed by atoms with Crippen molar-refractivity contribution in [2.24, 2.45) is 0 Å². The molecule has 0 amide bonds. The molecular weight excluding hydrogens is 306 g/mol. The summed E-state index contributed by atoms with van der Waals surface area (Å²) in [5.74, 6) is -0.918. The summed E-state index contributed by atoms with van der Waals surface area (Å²) in [5, 5.41) is 10.9. The Labute approximate surface area is 132 Å². The van der Waals surface area contributed by atoms with Crippen LogP contribution >= 0.6 is 22.9 Å². The molecule has 0 saturated heterocycles. The maximum absolute atomic E-state index is 10.8. The first-order valence-corrected chi connectivity index (χ1v) is 8.15. The van der Waals surface area contributed by atoms with Crippen molar-refractivity contribution in [3.8, 4) is 0 Å². The third-order valence-electron chi connectivity index (χ3n) is 3.92. The summed E-state index contributed by atoms with van der Waals surface area (Å²) < 4.78 is 1.19. The highest BCUT2D eigenvalue weighted by atomic mass is 35.5. The lowest BCUT2D eigenvalue weighted by Gasteiger charge is -2.17. The van der Waals surface area contributed by atoms with Crippen LogP contribution in [0.1, 0.15) is 22.9 Å². The van der Waals surface area contributed by atoms with Crippen molar-refractivity contribution >= 4 is 45.1 Å². The van der Waals surface area contributed by atoms with E-state index >= 15 is 0 Å². The van der Waals surface area contributed by atoms with Gasteiger partial charge in [0.25, 0.3) is 0 Å². The second-order valence-electron chi connectivity index (χ2n) is 5.13. The van der Waals surface area contributed by atoms with Crippen molar-refractivity contribution in [2.75, 3.05) is 13.1 Å². The molecule has 3 rings (SSSR count). The molecule has 0 bridgehead atoms. The minimum absolute atomic E-state index is 0.813. The molecular formula is C16H16ClNO2S. The molecule has 0 unspecified atom stereocenters. The fraction of sp³-hybridized carbons (Fsp3) is 0.312. The molecule has 2 heterocycles. The number of nitrogens with zero attached hydrogens (tertiary/aromatic N) is 1. The van der Waals surface area contributed by atoms with Crippen LogP contribution in [0.25, 0.3) is 16.2 Å². The van der Waals surface area contributed by atoms with Crippen LogP contribution in [0.15, 0.2) is 18.2 Å². The largest absolute Gasteiger partial charge is 0.478 e. The molecule has 0 saturated carbocycles. The van der Waals surface area contributed by atoms with Gasteiger partial charge in [0.15, 0.2) is 0 Å². The second-order valence-corrected chi connectivity index (χ2v) is 6.63. The number of hydrogen-bond donors (Lipinski definition) is 1. The van der Waals surface area contributed by atoms with Gasteiger partial charge in [-0.3, -0.25) is 4.90 Å². The van der Waals surface area contributed by atoms with Gasteiger partial charge in [0, 0.05) is 39.2 Å². The van der Waals surface area contributed by atoms with E-state index in [2.05, 4.69) is 11.8 Å². The van der Waals surface area contributed by atoms with E-state index < -0.39 is 5.97 Å². The average Bonchev–Trinajstić information content (AvgIpc) is 2.67. The lowest BCUT2D eigenvalue weighted by Crippen LogP contribution is -2.23. The molecule has 1 aromatic heterocycles. The molecule has 0 fully saturated rings. The lowest BCUT2D eigenvalue weighted by atomic mass is 10.0. The van der Waals surface area contributed by atoms with Gasteiger partial charge in [-0.15, -0.1) is 11.3 Å². The van der Waals surface area contributed by atoms with E-state index in [9.17, 15) is 4.79 Å². The van der Waals surface area contributed by atoms with Crippen molar-refractivity contribution in [3.05, 3.63) is 39.2 Å². The first-order chi connectivity index (χ1) is 10.1. The highest BCUT2D eigenvalue weighted by Gasteiger charge is 2.21. The van der Waals surface area contributed by atoms with Crippen LogP contribution in [0.5, 0.6) is 0 Å². The Kier molecular flexibility index (Phi) is 4.02. The number of halogens is 1. The second kappa shape index (κ2) is 5.79. The van der Waals surface area contributed by atoms with E-state index in [4.69, 9.17) is 16.7 Å². The van der Waals surface area contributed by atoms with E-state index in [-0.39, 0.29) is 0 Å². The number of thiophene rings is 1. The molecule has 5 heteroatoms. The van der Waals surface area contributed by atoms with Gasteiger partial charge in [0.2, 0.25) is 0 Å². The van der Waals surface area contributed by atoms with E-state index in [1.165, 1.54) is 27.3 Å². The quantitative estimate of drug-likeness (QED) is 0.868. The van der Waals surface area contributed by atoms with Crippen LogP contribution in [0.2, 0.25) is 5.02 Å². The van der Waals surface area contributed by atoms with Crippen LogP contribution in [0.3, 0.4) is 0 Å². The highest BCUT2D eigenvalue weighted by molar-refractivity contribution is 7.20. The Morgan fingerprint density at radius 2 is 2.29 bits per heavy atom. The fourth-order valence-corrected chi connectivity index (χ4v) is 4.24. The zero-order chi connectivity index (χ0) is 15.0. The normalized spacial score (nSPS) is 15.7. The molecule has 110 valence electrons. The zero-order valence-electron chi connectivity index (χ0n) is 11.7. The Balaban J connectivity index is 2.21. The number of likely N-dealkylation sites (N-methyl/N-ethyl adjacent to an activating group) is 1. The van der Waals surface area contributed by atoms with Crippen molar-refractivity contribution in [1.82, 2.24) is 4.90 Å². The van der Waals surface area contributed by atoms with Gasteiger partial charge in [-0.1, -0.05) is 18.5 Å². The van der Waals surface area contributed by atoms with E-state index in [1.54, 1.807) is 17.4 Å². The van der Waals surface area contributed by atoms with Gasteiger partial charge >= 0.3 is 5.97 Å². The predicted octanol–water partition coefficient (Wildman–Crippen LogP) is 4.03. The van der Waals surface area contributed by atoms with E-state index in [1.807, 2.05) is 12.1 Å². The minimum atomic E-state index is -0.918. The predicted molar refractivity (Wildman–Crippen MR) is 88.2 cm³/mol. The highest BCUT2D eigenvalue weighted by Crippen LogP contribution is 2.40. The Hall–Kier alpha value is -1.36. The van der Waals surface area contributed by atoms with Gasteiger partial charge in [0.1, 0.15) is 0 Å². The van der Waals surface area contributed by atoms with Crippen LogP contribution in [-0.4, -0.2) is 29.1 Å². The fourth-order valence-electron chi connectivity index (χ4n) is 2.85. The molecule has 0 aliphatic carbocycles. The Morgan fingerprint density at radius 1 is 1.48 bits per heavy atom. The molecule has 0 spiro atoms. The number of benzene rings is 1. The minimum Gasteiger partial charge on any atom is -0.478 e.